The fourth-order valence-corrected chi connectivity index (χ4v) is 4.26. The molecule has 1 amide bonds. The summed E-state index contributed by atoms with van der Waals surface area (Å²) >= 11 is 6.16. The molecule has 0 spiro atoms. The molecule has 0 aliphatic carbocycles. The predicted molar refractivity (Wildman–Crippen MR) is 132 cm³/mol. The average Bonchev–Trinajstić information content (AvgIpc) is 3.09. The van der Waals surface area contributed by atoms with Crippen LogP contribution in [0.15, 0.2) is 72.6 Å². The normalized spacial score (nSPS) is 17.8. The summed E-state index contributed by atoms with van der Waals surface area (Å²) < 4.78 is 5.37. The molecule has 0 saturated carbocycles. The quantitative estimate of drug-likeness (QED) is 0.298. The van der Waals surface area contributed by atoms with Gasteiger partial charge in [-0.15, -0.1) is 0 Å². The second-order valence-corrected chi connectivity index (χ2v) is 9.53. The van der Waals surface area contributed by atoms with Crippen LogP contribution in [0.25, 0.3) is 5.76 Å². The summed E-state index contributed by atoms with van der Waals surface area (Å²) in [5, 5.41) is 11.7. The fourth-order valence-electron chi connectivity index (χ4n) is 4.08. The molecule has 4 rings (SSSR count). The largest absolute Gasteiger partial charge is 0.507 e. The lowest BCUT2D eigenvalue weighted by Crippen LogP contribution is -2.29. The number of methoxy groups -OCH3 is 1. The summed E-state index contributed by atoms with van der Waals surface area (Å²) in [6.45, 7) is 6.30. The Bertz CT molecular complexity index is 1280. The molecule has 1 atom stereocenters. The first-order valence-electron chi connectivity index (χ1n) is 10.8. The van der Waals surface area contributed by atoms with E-state index in [1.165, 1.54) is 18.1 Å². The first kappa shape index (κ1) is 23.5. The van der Waals surface area contributed by atoms with Crippen molar-refractivity contribution in [3.8, 4) is 5.75 Å². The van der Waals surface area contributed by atoms with E-state index in [9.17, 15) is 14.7 Å². The number of rotatable bonds is 4. The maximum absolute atomic E-state index is 13.3. The maximum Gasteiger partial charge on any atom is 0.300 e. The van der Waals surface area contributed by atoms with Crippen molar-refractivity contribution < 1.29 is 19.4 Å². The first-order valence-corrected chi connectivity index (χ1v) is 11.2. The topological polar surface area (TPSA) is 79.7 Å². The van der Waals surface area contributed by atoms with E-state index in [1.54, 1.807) is 36.7 Å². The Morgan fingerprint density at radius 2 is 1.79 bits per heavy atom. The summed E-state index contributed by atoms with van der Waals surface area (Å²) in [5.41, 5.74) is 2.32. The van der Waals surface area contributed by atoms with Crippen LogP contribution in [-0.4, -0.2) is 28.9 Å². The SMILES string of the molecule is COc1ccc(Cl)cc1/C(O)=C1\C(=O)C(=O)N(c2ccc(C(C)(C)C)cc2)C1c1cccnc1. The summed E-state index contributed by atoms with van der Waals surface area (Å²) in [6, 6.07) is 14.8. The predicted octanol–water partition coefficient (Wildman–Crippen LogP) is 5.67. The van der Waals surface area contributed by atoms with Gasteiger partial charge in [-0.25, -0.2) is 0 Å². The Hall–Kier alpha value is -3.64. The lowest BCUT2D eigenvalue weighted by Gasteiger charge is -2.26. The van der Waals surface area contributed by atoms with Crippen LogP contribution in [0.2, 0.25) is 5.02 Å². The number of pyridine rings is 1. The summed E-state index contributed by atoms with van der Waals surface area (Å²) in [7, 11) is 1.45. The zero-order valence-corrected chi connectivity index (χ0v) is 20.1. The Morgan fingerprint density at radius 1 is 1.09 bits per heavy atom. The molecular weight excluding hydrogens is 452 g/mol. The van der Waals surface area contributed by atoms with Gasteiger partial charge >= 0.3 is 0 Å². The van der Waals surface area contributed by atoms with Gasteiger partial charge in [-0.1, -0.05) is 50.6 Å². The lowest BCUT2D eigenvalue weighted by molar-refractivity contribution is -0.132. The molecule has 2 heterocycles. The van der Waals surface area contributed by atoms with Gasteiger partial charge in [0.2, 0.25) is 0 Å². The number of halogens is 1. The highest BCUT2D eigenvalue weighted by atomic mass is 35.5. The Morgan fingerprint density at radius 3 is 2.38 bits per heavy atom. The molecule has 0 bridgehead atoms. The minimum atomic E-state index is -0.877. The Balaban J connectivity index is 1.93. The lowest BCUT2D eigenvalue weighted by atomic mass is 9.87. The number of ketones is 1. The van der Waals surface area contributed by atoms with Crippen LogP contribution in [0.1, 0.15) is 43.5 Å². The van der Waals surface area contributed by atoms with E-state index >= 15 is 0 Å². The molecule has 1 saturated heterocycles. The molecule has 3 aromatic rings. The van der Waals surface area contributed by atoms with Crippen LogP contribution in [-0.2, 0) is 15.0 Å². The molecule has 1 aromatic heterocycles. The number of hydrogen-bond donors (Lipinski definition) is 1. The molecule has 7 heteroatoms. The van der Waals surface area contributed by atoms with Crippen molar-refractivity contribution in [3.05, 3.63) is 94.3 Å². The molecule has 1 aliphatic rings. The minimum absolute atomic E-state index is 0.0570. The number of benzene rings is 2. The highest BCUT2D eigenvalue weighted by Crippen LogP contribution is 2.43. The maximum atomic E-state index is 13.3. The number of aromatic nitrogens is 1. The third kappa shape index (κ3) is 4.17. The van der Waals surface area contributed by atoms with Crippen molar-refractivity contribution in [1.29, 1.82) is 0 Å². The Labute approximate surface area is 203 Å². The van der Waals surface area contributed by atoms with Crippen LogP contribution in [0.5, 0.6) is 5.75 Å². The number of anilines is 1. The van der Waals surface area contributed by atoms with Gasteiger partial charge in [0.05, 0.1) is 24.3 Å². The van der Waals surface area contributed by atoms with E-state index in [4.69, 9.17) is 16.3 Å². The number of amides is 1. The number of ether oxygens (including phenoxy) is 1. The van der Waals surface area contributed by atoms with Crippen LogP contribution in [0.4, 0.5) is 5.69 Å². The second-order valence-electron chi connectivity index (χ2n) is 9.10. The highest BCUT2D eigenvalue weighted by molar-refractivity contribution is 6.51. The van der Waals surface area contributed by atoms with Crippen LogP contribution in [0.3, 0.4) is 0 Å². The summed E-state index contributed by atoms with van der Waals surface area (Å²) in [5.74, 6) is -1.57. The molecular formula is C27H25ClN2O4. The van der Waals surface area contributed by atoms with E-state index < -0.39 is 17.7 Å². The fraction of sp³-hybridized carbons (Fsp3) is 0.222. The first-order chi connectivity index (χ1) is 16.1. The molecule has 1 N–H and O–H groups in total. The molecule has 2 aromatic carbocycles. The third-order valence-electron chi connectivity index (χ3n) is 5.87. The van der Waals surface area contributed by atoms with Gasteiger partial charge in [0, 0.05) is 23.1 Å². The molecule has 174 valence electrons. The number of carbonyl (C=O) groups is 2. The summed E-state index contributed by atoms with van der Waals surface area (Å²) in [6.07, 6.45) is 3.18. The minimum Gasteiger partial charge on any atom is -0.507 e. The number of aliphatic hydroxyl groups excluding tert-OH is 1. The van der Waals surface area contributed by atoms with E-state index in [-0.39, 0.29) is 22.3 Å². The van der Waals surface area contributed by atoms with Gasteiger partial charge in [-0.3, -0.25) is 19.5 Å². The molecule has 1 aliphatic heterocycles. The number of hydrogen-bond acceptors (Lipinski definition) is 5. The van der Waals surface area contributed by atoms with Crippen molar-refractivity contribution in [2.75, 3.05) is 12.0 Å². The smallest absolute Gasteiger partial charge is 0.300 e. The summed E-state index contributed by atoms with van der Waals surface area (Å²) in [4.78, 5) is 32.2. The van der Waals surface area contributed by atoms with Gasteiger partial charge in [0.15, 0.2) is 0 Å². The van der Waals surface area contributed by atoms with Gasteiger partial charge in [-0.05, 0) is 52.9 Å². The van der Waals surface area contributed by atoms with Crippen LogP contribution < -0.4 is 9.64 Å². The van der Waals surface area contributed by atoms with Crippen molar-refractivity contribution >= 4 is 34.7 Å². The number of nitrogens with zero attached hydrogens (tertiary/aromatic N) is 2. The van der Waals surface area contributed by atoms with E-state index in [0.717, 1.165) is 5.56 Å². The number of carbonyl (C=O) groups excluding carboxylic acids is 2. The zero-order valence-electron chi connectivity index (χ0n) is 19.4. The second kappa shape index (κ2) is 8.95. The third-order valence-corrected chi connectivity index (χ3v) is 6.11. The van der Waals surface area contributed by atoms with Crippen LogP contribution >= 0.6 is 11.6 Å². The molecule has 34 heavy (non-hydrogen) atoms. The average molecular weight is 477 g/mol. The number of Topliss-reactive ketones (excluding diaryl/α,β-unsaturated/α-hetero) is 1. The highest BCUT2D eigenvalue weighted by Gasteiger charge is 2.47. The van der Waals surface area contributed by atoms with Crippen molar-refractivity contribution in [2.24, 2.45) is 0 Å². The van der Waals surface area contributed by atoms with Gasteiger partial charge < -0.3 is 9.84 Å². The number of aliphatic hydroxyl groups is 1. The van der Waals surface area contributed by atoms with E-state index in [2.05, 4.69) is 25.8 Å². The monoisotopic (exact) mass is 476 g/mol. The van der Waals surface area contributed by atoms with Gasteiger partial charge in [0.1, 0.15) is 11.5 Å². The van der Waals surface area contributed by atoms with Crippen molar-refractivity contribution in [1.82, 2.24) is 4.98 Å². The van der Waals surface area contributed by atoms with E-state index in [1.807, 2.05) is 24.3 Å². The van der Waals surface area contributed by atoms with Gasteiger partial charge in [-0.2, -0.15) is 0 Å². The standard InChI is InChI=1S/C27H25ClN2O4/c1-27(2,3)17-7-10-19(11-8-17)30-23(16-6-5-13-29-15-16)22(25(32)26(30)33)24(31)20-14-18(28)9-12-21(20)34-4/h5-15,23,31H,1-4H3/b24-22+. The Kier molecular flexibility index (Phi) is 6.19. The molecule has 0 radical (unpaired) electrons. The zero-order chi connectivity index (χ0) is 24.6. The molecule has 6 nitrogen and oxygen atoms in total. The van der Waals surface area contributed by atoms with Crippen molar-refractivity contribution in [2.45, 2.75) is 32.2 Å². The molecule has 1 fully saturated rings. The van der Waals surface area contributed by atoms with Crippen molar-refractivity contribution in [3.63, 3.8) is 0 Å². The van der Waals surface area contributed by atoms with Gasteiger partial charge in [0.25, 0.3) is 11.7 Å². The van der Waals surface area contributed by atoms with Crippen LogP contribution in [0, 0.1) is 0 Å². The van der Waals surface area contributed by atoms with E-state index in [0.29, 0.717) is 22.0 Å². The molecule has 1 unspecified atom stereocenters.